The first-order valence-electron chi connectivity index (χ1n) is 6.09. The third kappa shape index (κ3) is 5.14. The number of hydrogen-bond donors (Lipinski definition) is 2. The third-order valence-corrected chi connectivity index (χ3v) is 2.60. The van der Waals surface area contributed by atoms with E-state index in [1.165, 1.54) is 10.6 Å². The molecular weight excluding hydrogens is 232 g/mol. The summed E-state index contributed by atoms with van der Waals surface area (Å²) in [6.45, 7) is 4.22. The minimum absolute atomic E-state index is 0.0288. The number of rotatable bonds is 6. The summed E-state index contributed by atoms with van der Waals surface area (Å²) in [5.74, 6) is 0.0159. The van der Waals surface area contributed by atoms with Crippen LogP contribution in [0.25, 0.3) is 0 Å². The molecule has 2 unspecified atom stereocenters. The van der Waals surface area contributed by atoms with Gasteiger partial charge in [0.15, 0.2) is 0 Å². The first-order chi connectivity index (χ1) is 8.49. The van der Waals surface area contributed by atoms with Gasteiger partial charge >= 0.3 is 0 Å². The number of nitrogens with zero attached hydrogens (tertiary/aromatic N) is 1. The first kappa shape index (κ1) is 14.4. The van der Waals surface area contributed by atoms with Gasteiger partial charge in [0.05, 0.1) is 6.10 Å². The highest BCUT2D eigenvalue weighted by Gasteiger charge is 2.08. The van der Waals surface area contributed by atoms with Crippen molar-refractivity contribution >= 4 is 5.91 Å². The van der Waals surface area contributed by atoms with E-state index in [0.29, 0.717) is 13.0 Å². The second-order valence-electron chi connectivity index (χ2n) is 4.66. The molecule has 2 atom stereocenters. The lowest BCUT2D eigenvalue weighted by atomic mass is 10.1. The van der Waals surface area contributed by atoms with Crippen LogP contribution in [0.1, 0.15) is 20.3 Å². The molecule has 2 N–H and O–H groups in total. The van der Waals surface area contributed by atoms with Gasteiger partial charge in [-0.05, 0) is 25.3 Å². The van der Waals surface area contributed by atoms with Gasteiger partial charge in [-0.2, -0.15) is 0 Å². The molecule has 1 rings (SSSR count). The van der Waals surface area contributed by atoms with E-state index in [2.05, 4.69) is 5.32 Å². The van der Waals surface area contributed by atoms with Crippen molar-refractivity contribution in [2.75, 3.05) is 6.54 Å². The van der Waals surface area contributed by atoms with Crippen LogP contribution in [-0.2, 0) is 11.3 Å². The van der Waals surface area contributed by atoms with E-state index in [1.54, 1.807) is 25.3 Å². The number of carbonyl (C=O) groups is 1. The fraction of sp³-hybridized carbons (Fsp3) is 0.538. The smallest absolute Gasteiger partial charge is 0.250 e. The predicted octanol–water partition coefficient (Wildman–Crippen LogP) is 0.371. The molecular formula is C13H20N2O3. The zero-order valence-electron chi connectivity index (χ0n) is 10.8. The molecule has 5 heteroatoms. The van der Waals surface area contributed by atoms with E-state index in [-0.39, 0.29) is 30.0 Å². The standard InChI is InChI=1S/C13H20N2O3/c1-10(7-11(2)16)8-14-12(17)9-15-6-4-3-5-13(15)18/h3-6,10-11,16H,7-9H2,1-2H3,(H,14,17). The van der Waals surface area contributed by atoms with Crippen molar-refractivity contribution in [3.05, 3.63) is 34.7 Å². The SMILES string of the molecule is CC(O)CC(C)CNC(=O)Cn1ccccc1=O. The van der Waals surface area contributed by atoms with Crippen LogP contribution in [0.4, 0.5) is 0 Å². The molecule has 1 heterocycles. The van der Waals surface area contributed by atoms with E-state index >= 15 is 0 Å². The van der Waals surface area contributed by atoms with Crippen LogP contribution in [0.2, 0.25) is 0 Å². The normalized spacial score (nSPS) is 13.9. The third-order valence-electron chi connectivity index (χ3n) is 2.60. The minimum Gasteiger partial charge on any atom is -0.393 e. The molecule has 0 spiro atoms. The molecule has 0 radical (unpaired) electrons. The van der Waals surface area contributed by atoms with Crippen molar-refractivity contribution in [3.8, 4) is 0 Å². The van der Waals surface area contributed by atoms with Gasteiger partial charge in [0.1, 0.15) is 6.54 Å². The maximum absolute atomic E-state index is 11.6. The van der Waals surface area contributed by atoms with Crippen LogP contribution in [0, 0.1) is 5.92 Å². The number of nitrogens with one attached hydrogen (secondary N) is 1. The van der Waals surface area contributed by atoms with E-state index in [4.69, 9.17) is 0 Å². The van der Waals surface area contributed by atoms with Gasteiger partial charge < -0.3 is 15.0 Å². The predicted molar refractivity (Wildman–Crippen MR) is 69.2 cm³/mol. The maximum Gasteiger partial charge on any atom is 0.250 e. The number of aliphatic hydroxyl groups excluding tert-OH is 1. The number of carbonyl (C=O) groups excluding carboxylic acids is 1. The van der Waals surface area contributed by atoms with Crippen LogP contribution in [0.15, 0.2) is 29.2 Å². The zero-order valence-corrected chi connectivity index (χ0v) is 10.8. The topological polar surface area (TPSA) is 71.3 Å². The highest BCUT2D eigenvalue weighted by molar-refractivity contribution is 5.75. The molecule has 1 amide bonds. The van der Waals surface area contributed by atoms with E-state index in [9.17, 15) is 14.7 Å². The van der Waals surface area contributed by atoms with Crippen LogP contribution >= 0.6 is 0 Å². The van der Waals surface area contributed by atoms with Crippen molar-refractivity contribution in [1.82, 2.24) is 9.88 Å². The fourth-order valence-corrected chi connectivity index (χ4v) is 1.76. The highest BCUT2D eigenvalue weighted by atomic mass is 16.3. The summed E-state index contributed by atoms with van der Waals surface area (Å²) >= 11 is 0. The lowest BCUT2D eigenvalue weighted by Crippen LogP contribution is -2.34. The van der Waals surface area contributed by atoms with Crippen LogP contribution in [0.3, 0.4) is 0 Å². The first-order valence-corrected chi connectivity index (χ1v) is 6.09. The van der Waals surface area contributed by atoms with Crippen LogP contribution < -0.4 is 10.9 Å². The van der Waals surface area contributed by atoms with Crippen molar-refractivity contribution in [3.63, 3.8) is 0 Å². The number of aliphatic hydroxyl groups is 1. The fourth-order valence-electron chi connectivity index (χ4n) is 1.76. The summed E-state index contributed by atoms with van der Waals surface area (Å²) in [7, 11) is 0. The summed E-state index contributed by atoms with van der Waals surface area (Å²) in [6.07, 6.45) is 1.86. The van der Waals surface area contributed by atoms with Gasteiger partial charge in [0.25, 0.3) is 5.56 Å². The summed E-state index contributed by atoms with van der Waals surface area (Å²) < 4.78 is 1.36. The second kappa shape index (κ2) is 6.96. The zero-order chi connectivity index (χ0) is 13.5. The summed E-state index contributed by atoms with van der Waals surface area (Å²) in [4.78, 5) is 23.0. The molecule has 0 aliphatic carbocycles. The largest absolute Gasteiger partial charge is 0.393 e. The summed E-state index contributed by atoms with van der Waals surface area (Å²) in [5.41, 5.74) is -0.190. The van der Waals surface area contributed by atoms with Gasteiger partial charge in [0.2, 0.25) is 5.91 Å². The lowest BCUT2D eigenvalue weighted by Gasteiger charge is -2.14. The molecule has 0 saturated heterocycles. The Balaban J connectivity index is 2.39. The lowest BCUT2D eigenvalue weighted by molar-refractivity contribution is -0.121. The molecule has 1 aromatic heterocycles. The minimum atomic E-state index is -0.367. The van der Waals surface area contributed by atoms with Gasteiger partial charge in [-0.25, -0.2) is 0 Å². The van der Waals surface area contributed by atoms with Crippen molar-refractivity contribution in [2.45, 2.75) is 32.9 Å². The molecule has 0 aliphatic heterocycles. The number of pyridine rings is 1. The molecule has 1 aromatic rings. The van der Waals surface area contributed by atoms with E-state index in [0.717, 1.165) is 0 Å². The average Bonchev–Trinajstić information content (AvgIpc) is 2.29. The molecule has 5 nitrogen and oxygen atoms in total. The van der Waals surface area contributed by atoms with Crippen LogP contribution in [-0.4, -0.2) is 28.2 Å². The van der Waals surface area contributed by atoms with Crippen molar-refractivity contribution in [2.24, 2.45) is 5.92 Å². The molecule has 0 bridgehead atoms. The Morgan fingerprint density at radius 2 is 2.17 bits per heavy atom. The molecule has 0 aromatic carbocycles. The van der Waals surface area contributed by atoms with Crippen molar-refractivity contribution < 1.29 is 9.90 Å². The Morgan fingerprint density at radius 1 is 1.44 bits per heavy atom. The van der Waals surface area contributed by atoms with Crippen molar-refractivity contribution in [1.29, 1.82) is 0 Å². The number of aromatic nitrogens is 1. The van der Waals surface area contributed by atoms with Gasteiger partial charge in [-0.1, -0.05) is 13.0 Å². The van der Waals surface area contributed by atoms with Gasteiger partial charge in [0, 0.05) is 18.8 Å². The quantitative estimate of drug-likeness (QED) is 0.768. The van der Waals surface area contributed by atoms with E-state index in [1.807, 2.05) is 6.92 Å². The Bertz CT molecular complexity index is 440. The number of amides is 1. The number of hydrogen-bond acceptors (Lipinski definition) is 3. The summed E-state index contributed by atoms with van der Waals surface area (Å²) in [6, 6.07) is 4.77. The van der Waals surface area contributed by atoms with Gasteiger partial charge in [-0.3, -0.25) is 9.59 Å². The summed E-state index contributed by atoms with van der Waals surface area (Å²) in [5, 5.41) is 12.0. The Kier molecular flexibility index (Phi) is 5.58. The molecule has 0 aliphatic rings. The Labute approximate surface area is 106 Å². The molecule has 18 heavy (non-hydrogen) atoms. The van der Waals surface area contributed by atoms with Gasteiger partial charge in [-0.15, -0.1) is 0 Å². The molecule has 0 fully saturated rings. The van der Waals surface area contributed by atoms with E-state index < -0.39 is 0 Å². The van der Waals surface area contributed by atoms with Crippen LogP contribution in [0.5, 0.6) is 0 Å². The maximum atomic E-state index is 11.6. The highest BCUT2D eigenvalue weighted by Crippen LogP contribution is 2.03. The Hall–Kier alpha value is -1.62. The Morgan fingerprint density at radius 3 is 2.78 bits per heavy atom. The molecule has 100 valence electrons. The molecule has 0 saturated carbocycles. The average molecular weight is 252 g/mol. The second-order valence-corrected chi connectivity index (χ2v) is 4.66. The monoisotopic (exact) mass is 252 g/mol.